The quantitative estimate of drug-likeness (QED) is 0.697. The first kappa shape index (κ1) is 13.6. The maximum atomic E-state index is 9.84. The lowest BCUT2D eigenvalue weighted by Gasteiger charge is -2.00. The summed E-state index contributed by atoms with van der Waals surface area (Å²) in [7, 11) is 0. The zero-order chi connectivity index (χ0) is 14.8. The molecule has 0 bridgehead atoms. The number of phenolic OH excluding ortho intramolecular Hbond substituents is 1. The van der Waals surface area contributed by atoms with E-state index in [1.165, 1.54) is 17.4 Å². The van der Waals surface area contributed by atoms with Crippen LogP contribution in [0.25, 0.3) is 21.9 Å². The average Bonchev–Trinajstić information content (AvgIpc) is 2.91. The fourth-order valence-corrected chi connectivity index (χ4v) is 3.04. The summed E-state index contributed by atoms with van der Waals surface area (Å²) < 4.78 is 1.02. The maximum absolute atomic E-state index is 9.84. The summed E-state index contributed by atoms with van der Waals surface area (Å²) >= 11 is 7.36. The molecule has 5 heteroatoms. The molecule has 0 unspecified atom stereocenters. The Balaban J connectivity index is 2.11. The van der Waals surface area contributed by atoms with Gasteiger partial charge in [-0.05, 0) is 36.4 Å². The number of nitriles is 1. The number of hydrogen-bond acceptors (Lipinski definition) is 4. The molecular formula is C16H9ClN2OS. The minimum absolute atomic E-state index is 0.0771. The van der Waals surface area contributed by atoms with E-state index in [1.807, 2.05) is 24.3 Å². The summed E-state index contributed by atoms with van der Waals surface area (Å²) in [5.74, 6) is 0.0771. The molecule has 3 aromatic rings. The zero-order valence-corrected chi connectivity index (χ0v) is 12.3. The van der Waals surface area contributed by atoms with E-state index in [4.69, 9.17) is 11.6 Å². The Bertz CT molecular complexity index is 860. The van der Waals surface area contributed by atoms with E-state index >= 15 is 0 Å². The number of hydrogen-bond donors (Lipinski definition) is 1. The van der Waals surface area contributed by atoms with Crippen molar-refractivity contribution in [1.29, 1.82) is 5.26 Å². The number of aromatic nitrogens is 1. The van der Waals surface area contributed by atoms with Crippen LogP contribution >= 0.6 is 22.9 Å². The van der Waals surface area contributed by atoms with E-state index < -0.39 is 0 Å². The Morgan fingerprint density at radius 2 is 2.10 bits per heavy atom. The van der Waals surface area contributed by atoms with Gasteiger partial charge in [0, 0.05) is 10.6 Å². The number of nitrogens with zero attached hydrogens (tertiary/aromatic N) is 2. The number of fused-ring (bicyclic) bond motifs is 1. The van der Waals surface area contributed by atoms with Crippen molar-refractivity contribution in [3.63, 3.8) is 0 Å². The van der Waals surface area contributed by atoms with Crippen LogP contribution in [-0.2, 0) is 0 Å². The van der Waals surface area contributed by atoms with Crippen molar-refractivity contribution in [3.05, 3.63) is 58.1 Å². The Hall–Kier alpha value is -2.35. The first-order valence-electron chi connectivity index (χ1n) is 6.13. The zero-order valence-electron chi connectivity index (χ0n) is 10.7. The third kappa shape index (κ3) is 2.75. The summed E-state index contributed by atoms with van der Waals surface area (Å²) in [6.07, 6.45) is 1.60. The molecule has 1 aromatic heterocycles. The second-order valence-corrected chi connectivity index (χ2v) is 5.83. The first-order valence-corrected chi connectivity index (χ1v) is 7.33. The molecule has 0 radical (unpaired) electrons. The summed E-state index contributed by atoms with van der Waals surface area (Å²) in [5, 5.41) is 20.3. The SMILES string of the molecule is N#C/C(=C/c1cc(Cl)ccc1O)c1nc2ccccc2s1. The van der Waals surface area contributed by atoms with E-state index in [9.17, 15) is 10.4 Å². The smallest absolute Gasteiger partial charge is 0.135 e. The second-order valence-electron chi connectivity index (χ2n) is 4.36. The molecule has 21 heavy (non-hydrogen) atoms. The third-order valence-electron chi connectivity index (χ3n) is 2.93. The highest BCUT2D eigenvalue weighted by Crippen LogP contribution is 2.30. The van der Waals surface area contributed by atoms with Gasteiger partial charge in [-0.15, -0.1) is 11.3 Å². The number of aromatic hydroxyl groups is 1. The Labute approximate surface area is 130 Å². The fraction of sp³-hybridized carbons (Fsp3) is 0. The monoisotopic (exact) mass is 312 g/mol. The van der Waals surface area contributed by atoms with Crippen molar-refractivity contribution in [2.45, 2.75) is 0 Å². The molecule has 0 aliphatic carbocycles. The predicted octanol–water partition coefficient (Wildman–Crippen LogP) is 4.72. The third-order valence-corrected chi connectivity index (χ3v) is 4.24. The normalized spacial score (nSPS) is 11.5. The highest BCUT2D eigenvalue weighted by molar-refractivity contribution is 7.19. The number of halogens is 1. The second kappa shape index (κ2) is 5.57. The van der Waals surface area contributed by atoms with Crippen LogP contribution in [0.15, 0.2) is 42.5 Å². The van der Waals surface area contributed by atoms with Gasteiger partial charge in [-0.1, -0.05) is 23.7 Å². The van der Waals surface area contributed by atoms with Gasteiger partial charge in [0.1, 0.15) is 16.8 Å². The molecule has 0 aliphatic rings. The molecule has 0 aliphatic heterocycles. The molecule has 2 aromatic carbocycles. The van der Waals surface area contributed by atoms with Crippen molar-refractivity contribution in [2.75, 3.05) is 0 Å². The molecule has 102 valence electrons. The van der Waals surface area contributed by atoms with Crippen LogP contribution in [0, 0.1) is 11.3 Å². The van der Waals surface area contributed by atoms with Crippen molar-refractivity contribution in [3.8, 4) is 11.8 Å². The van der Waals surface area contributed by atoms with Gasteiger partial charge in [0.2, 0.25) is 0 Å². The van der Waals surface area contributed by atoms with Gasteiger partial charge in [-0.25, -0.2) is 4.98 Å². The van der Waals surface area contributed by atoms with Gasteiger partial charge >= 0.3 is 0 Å². The van der Waals surface area contributed by atoms with Crippen LogP contribution in [0.3, 0.4) is 0 Å². The standard InChI is InChI=1S/C16H9ClN2OS/c17-12-5-6-14(20)10(8-12)7-11(9-18)16-19-13-3-1-2-4-15(13)21-16/h1-8,20H/b11-7-. The predicted molar refractivity (Wildman–Crippen MR) is 86.2 cm³/mol. The van der Waals surface area contributed by atoms with Crippen LogP contribution in [0.5, 0.6) is 5.75 Å². The van der Waals surface area contributed by atoms with Crippen LogP contribution in [0.2, 0.25) is 5.02 Å². The molecule has 0 fully saturated rings. The lowest BCUT2D eigenvalue weighted by Crippen LogP contribution is -1.81. The van der Waals surface area contributed by atoms with Gasteiger partial charge in [0.25, 0.3) is 0 Å². The van der Waals surface area contributed by atoms with Crippen LogP contribution in [-0.4, -0.2) is 10.1 Å². The van der Waals surface area contributed by atoms with Gasteiger partial charge < -0.3 is 5.11 Å². The average molecular weight is 313 g/mol. The maximum Gasteiger partial charge on any atom is 0.135 e. The topological polar surface area (TPSA) is 56.9 Å². The summed E-state index contributed by atoms with van der Waals surface area (Å²) in [4.78, 5) is 4.45. The lowest BCUT2D eigenvalue weighted by atomic mass is 10.1. The molecular weight excluding hydrogens is 304 g/mol. The largest absolute Gasteiger partial charge is 0.507 e. The van der Waals surface area contributed by atoms with E-state index in [1.54, 1.807) is 18.2 Å². The number of phenols is 1. The molecule has 1 heterocycles. The highest BCUT2D eigenvalue weighted by atomic mass is 35.5. The Kier molecular flexibility index (Phi) is 3.61. The van der Waals surface area contributed by atoms with Gasteiger partial charge in [-0.3, -0.25) is 0 Å². The van der Waals surface area contributed by atoms with Crippen molar-refractivity contribution < 1.29 is 5.11 Å². The van der Waals surface area contributed by atoms with E-state index in [-0.39, 0.29) is 5.75 Å². The number of para-hydroxylation sites is 1. The van der Waals surface area contributed by atoms with Crippen LogP contribution in [0.1, 0.15) is 10.6 Å². The molecule has 3 rings (SSSR count). The van der Waals surface area contributed by atoms with Gasteiger partial charge in [0.15, 0.2) is 0 Å². The van der Waals surface area contributed by atoms with Crippen molar-refractivity contribution in [1.82, 2.24) is 4.98 Å². The van der Waals surface area contributed by atoms with Crippen LogP contribution < -0.4 is 0 Å². The molecule has 0 amide bonds. The summed E-state index contributed by atoms with van der Waals surface area (Å²) in [5.41, 5.74) is 1.75. The number of allylic oxidation sites excluding steroid dienone is 1. The number of rotatable bonds is 2. The van der Waals surface area contributed by atoms with E-state index in [0.29, 0.717) is 21.2 Å². The fourth-order valence-electron chi connectivity index (χ4n) is 1.93. The molecule has 3 nitrogen and oxygen atoms in total. The van der Waals surface area contributed by atoms with Crippen molar-refractivity contribution in [2.24, 2.45) is 0 Å². The number of thiazole rings is 1. The first-order chi connectivity index (χ1) is 10.2. The summed E-state index contributed by atoms with van der Waals surface area (Å²) in [6, 6.07) is 14.5. The van der Waals surface area contributed by atoms with Crippen LogP contribution in [0.4, 0.5) is 0 Å². The molecule has 1 N–H and O–H groups in total. The Morgan fingerprint density at radius 3 is 2.86 bits per heavy atom. The Morgan fingerprint density at radius 1 is 1.29 bits per heavy atom. The molecule has 0 saturated heterocycles. The minimum Gasteiger partial charge on any atom is -0.507 e. The van der Waals surface area contributed by atoms with E-state index in [0.717, 1.165) is 10.2 Å². The molecule has 0 saturated carbocycles. The van der Waals surface area contributed by atoms with Gasteiger partial charge in [-0.2, -0.15) is 5.26 Å². The van der Waals surface area contributed by atoms with Crippen molar-refractivity contribution >= 4 is 44.8 Å². The summed E-state index contributed by atoms with van der Waals surface area (Å²) in [6.45, 7) is 0. The molecule has 0 spiro atoms. The highest BCUT2D eigenvalue weighted by Gasteiger charge is 2.10. The minimum atomic E-state index is 0.0771. The van der Waals surface area contributed by atoms with E-state index in [2.05, 4.69) is 11.1 Å². The lowest BCUT2D eigenvalue weighted by molar-refractivity contribution is 0.474. The molecule has 0 atom stereocenters. The number of benzene rings is 2. The van der Waals surface area contributed by atoms with Gasteiger partial charge in [0.05, 0.1) is 15.8 Å².